The van der Waals surface area contributed by atoms with Crippen molar-refractivity contribution in [2.24, 2.45) is 5.92 Å². The van der Waals surface area contributed by atoms with E-state index in [1.807, 2.05) is 12.1 Å². The van der Waals surface area contributed by atoms with Crippen LogP contribution in [0.25, 0.3) is 0 Å². The van der Waals surface area contributed by atoms with Gasteiger partial charge in [0.25, 0.3) is 5.91 Å². The minimum absolute atomic E-state index is 0.231. The fourth-order valence-electron chi connectivity index (χ4n) is 3.54. The lowest BCUT2D eigenvalue weighted by Crippen LogP contribution is -2.15. The monoisotopic (exact) mass is 429 g/mol. The molecule has 0 atom stereocenters. The van der Waals surface area contributed by atoms with Crippen molar-refractivity contribution in [2.75, 3.05) is 18.5 Å². The second kappa shape index (κ2) is 10.6. The molecule has 30 heavy (non-hydrogen) atoms. The fraction of sp³-hybridized carbons (Fsp3) is 0.500. The Morgan fingerprint density at radius 3 is 2.53 bits per heavy atom. The lowest BCUT2D eigenvalue weighted by molar-refractivity contribution is 0.0527. The fourth-order valence-corrected chi connectivity index (χ4v) is 4.81. The largest absolute Gasteiger partial charge is 0.494 e. The number of hydrogen-bond donors (Lipinski definition) is 1. The van der Waals surface area contributed by atoms with Gasteiger partial charge in [-0.25, -0.2) is 4.79 Å². The summed E-state index contributed by atoms with van der Waals surface area (Å²) in [6.45, 7) is 7.09. The van der Waals surface area contributed by atoms with Gasteiger partial charge < -0.3 is 14.8 Å². The molecular formula is C24H31NO4S. The van der Waals surface area contributed by atoms with E-state index in [1.165, 1.54) is 16.2 Å². The zero-order valence-electron chi connectivity index (χ0n) is 18.1. The third-order valence-corrected chi connectivity index (χ3v) is 6.42. The molecule has 2 aromatic rings. The zero-order valence-corrected chi connectivity index (χ0v) is 18.9. The van der Waals surface area contributed by atoms with Gasteiger partial charge in [-0.05, 0) is 74.8 Å². The van der Waals surface area contributed by atoms with Gasteiger partial charge in [-0.2, -0.15) is 0 Å². The number of carbonyl (C=O) groups excluding carboxylic acids is 2. The predicted octanol–water partition coefficient (Wildman–Crippen LogP) is 5.87. The molecule has 162 valence electrons. The number of hydrogen-bond acceptors (Lipinski definition) is 5. The average Bonchev–Trinajstić information content (AvgIpc) is 2.89. The average molecular weight is 430 g/mol. The first-order valence-corrected chi connectivity index (χ1v) is 11.7. The molecule has 1 N–H and O–H groups in total. The molecule has 1 heterocycles. The SMILES string of the molecule is CCOC(=O)c1c(NC(=O)c2ccc(OCCC(C)C)cc2)sc2c1CCCCC2. The Labute approximate surface area is 182 Å². The third kappa shape index (κ3) is 5.63. The smallest absolute Gasteiger partial charge is 0.341 e. The van der Waals surface area contributed by atoms with E-state index in [-0.39, 0.29) is 11.9 Å². The number of benzene rings is 1. The number of carbonyl (C=O) groups is 2. The van der Waals surface area contributed by atoms with Gasteiger partial charge in [0.1, 0.15) is 10.8 Å². The van der Waals surface area contributed by atoms with Crippen LogP contribution in [0.15, 0.2) is 24.3 Å². The summed E-state index contributed by atoms with van der Waals surface area (Å²) in [4.78, 5) is 26.7. The highest BCUT2D eigenvalue weighted by Gasteiger charge is 2.26. The van der Waals surface area contributed by atoms with Crippen LogP contribution < -0.4 is 10.1 Å². The quantitative estimate of drug-likeness (QED) is 0.421. The second-order valence-electron chi connectivity index (χ2n) is 8.00. The van der Waals surface area contributed by atoms with E-state index in [4.69, 9.17) is 9.47 Å². The van der Waals surface area contributed by atoms with Crippen LogP contribution in [-0.2, 0) is 17.6 Å². The normalized spacial score (nSPS) is 13.5. The number of fused-ring (bicyclic) bond motifs is 1. The molecule has 0 saturated carbocycles. The zero-order chi connectivity index (χ0) is 21.5. The summed E-state index contributed by atoms with van der Waals surface area (Å²) in [6, 6.07) is 7.13. The molecule has 0 unspecified atom stereocenters. The van der Waals surface area contributed by atoms with Crippen LogP contribution in [-0.4, -0.2) is 25.1 Å². The summed E-state index contributed by atoms with van der Waals surface area (Å²) in [5, 5.41) is 3.56. The van der Waals surface area contributed by atoms with Crippen LogP contribution in [0.5, 0.6) is 5.75 Å². The third-order valence-electron chi connectivity index (χ3n) is 5.21. The van der Waals surface area contributed by atoms with Crippen LogP contribution in [0.3, 0.4) is 0 Å². The number of thiophene rings is 1. The maximum atomic E-state index is 12.8. The molecule has 1 amide bonds. The molecule has 6 heteroatoms. The van der Waals surface area contributed by atoms with Crippen LogP contribution in [0.1, 0.15) is 77.6 Å². The van der Waals surface area contributed by atoms with Gasteiger partial charge in [-0.1, -0.05) is 20.3 Å². The van der Waals surface area contributed by atoms with Crippen LogP contribution >= 0.6 is 11.3 Å². The Morgan fingerprint density at radius 2 is 1.83 bits per heavy atom. The van der Waals surface area contributed by atoms with Gasteiger partial charge in [0.2, 0.25) is 0 Å². The van der Waals surface area contributed by atoms with Crippen molar-refractivity contribution in [1.29, 1.82) is 0 Å². The van der Waals surface area contributed by atoms with Gasteiger partial charge in [0.15, 0.2) is 0 Å². The summed E-state index contributed by atoms with van der Waals surface area (Å²) in [5.41, 5.74) is 2.13. The molecule has 0 bridgehead atoms. The van der Waals surface area contributed by atoms with Crippen molar-refractivity contribution in [2.45, 2.75) is 59.3 Å². The van der Waals surface area contributed by atoms with Crippen LogP contribution in [0, 0.1) is 5.92 Å². The predicted molar refractivity (Wildman–Crippen MR) is 121 cm³/mol. The number of nitrogens with one attached hydrogen (secondary N) is 1. The molecular weight excluding hydrogens is 398 g/mol. The lowest BCUT2D eigenvalue weighted by Gasteiger charge is -2.10. The minimum Gasteiger partial charge on any atom is -0.494 e. The molecule has 1 aliphatic carbocycles. The number of amides is 1. The van der Waals surface area contributed by atoms with E-state index >= 15 is 0 Å². The minimum atomic E-state index is -0.346. The molecule has 0 spiro atoms. The molecule has 0 aliphatic heterocycles. The molecule has 0 radical (unpaired) electrons. The second-order valence-corrected chi connectivity index (χ2v) is 9.10. The van der Waals surface area contributed by atoms with Gasteiger partial charge >= 0.3 is 5.97 Å². The van der Waals surface area contributed by atoms with E-state index in [0.29, 0.717) is 35.3 Å². The molecule has 1 aromatic heterocycles. The summed E-state index contributed by atoms with van der Waals surface area (Å²) in [5.74, 6) is 0.763. The van der Waals surface area contributed by atoms with Gasteiger partial charge in [-0.15, -0.1) is 11.3 Å². The number of esters is 1. The van der Waals surface area contributed by atoms with Crippen molar-refractivity contribution in [3.05, 3.63) is 45.8 Å². The Bertz CT molecular complexity index is 870. The first-order chi connectivity index (χ1) is 14.5. The maximum Gasteiger partial charge on any atom is 0.341 e. The highest BCUT2D eigenvalue weighted by molar-refractivity contribution is 7.17. The van der Waals surface area contributed by atoms with E-state index < -0.39 is 0 Å². The van der Waals surface area contributed by atoms with E-state index in [0.717, 1.165) is 49.8 Å². The molecule has 5 nitrogen and oxygen atoms in total. The van der Waals surface area contributed by atoms with E-state index in [2.05, 4.69) is 19.2 Å². The summed E-state index contributed by atoms with van der Waals surface area (Å²) >= 11 is 1.51. The Morgan fingerprint density at radius 1 is 1.10 bits per heavy atom. The number of aryl methyl sites for hydroxylation is 1. The van der Waals surface area contributed by atoms with E-state index in [1.54, 1.807) is 19.1 Å². The Kier molecular flexibility index (Phi) is 7.91. The van der Waals surface area contributed by atoms with E-state index in [9.17, 15) is 9.59 Å². The first kappa shape index (κ1) is 22.3. The Hall–Kier alpha value is -2.34. The lowest BCUT2D eigenvalue weighted by atomic mass is 10.1. The molecule has 1 aromatic carbocycles. The Balaban J connectivity index is 1.75. The summed E-state index contributed by atoms with van der Waals surface area (Å²) in [7, 11) is 0. The van der Waals surface area contributed by atoms with Crippen molar-refractivity contribution < 1.29 is 19.1 Å². The van der Waals surface area contributed by atoms with Crippen molar-refractivity contribution in [3.63, 3.8) is 0 Å². The molecule has 1 aliphatic rings. The van der Waals surface area contributed by atoms with Gasteiger partial charge in [-0.3, -0.25) is 4.79 Å². The van der Waals surface area contributed by atoms with Gasteiger partial charge in [0, 0.05) is 10.4 Å². The maximum absolute atomic E-state index is 12.8. The summed E-state index contributed by atoms with van der Waals surface area (Å²) < 4.78 is 11.0. The standard InChI is InChI=1S/C24H31NO4S/c1-4-28-24(27)21-19-8-6-5-7-9-20(19)30-23(21)25-22(26)17-10-12-18(13-11-17)29-15-14-16(2)3/h10-13,16H,4-9,14-15H2,1-3H3,(H,25,26). The van der Waals surface area contributed by atoms with Gasteiger partial charge in [0.05, 0.1) is 18.8 Å². The number of ether oxygens (including phenoxy) is 2. The number of anilines is 1. The van der Waals surface area contributed by atoms with Crippen molar-refractivity contribution in [1.82, 2.24) is 0 Å². The highest BCUT2D eigenvalue weighted by Crippen LogP contribution is 2.38. The molecule has 3 rings (SSSR count). The first-order valence-electron chi connectivity index (χ1n) is 10.9. The van der Waals surface area contributed by atoms with Crippen LogP contribution in [0.4, 0.5) is 5.00 Å². The van der Waals surface area contributed by atoms with Crippen molar-refractivity contribution in [3.8, 4) is 5.75 Å². The molecule has 0 saturated heterocycles. The van der Waals surface area contributed by atoms with Crippen LogP contribution in [0.2, 0.25) is 0 Å². The highest BCUT2D eigenvalue weighted by atomic mass is 32.1. The summed E-state index contributed by atoms with van der Waals surface area (Å²) in [6.07, 6.45) is 6.13. The topological polar surface area (TPSA) is 64.6 Å². The number of rotatable bonds is 8. The van der Waals surface area contributed by atoms with Crippen molar-refractivity contribution >= 4 is 28.2 Å². The molecule has 0 fully saturated rings.